The zero-order chi connectivity index (χ0) is 20.5. The molecular formula is C18H25N5O4S. The standard InChI is InChI=1S/C18H25N5O4S/c1-13-6-8-15(9-7-13)19-16(24)12-23-18(25)21(2)17(20-23)14-5-4-10-22(11-14)28(3,26)27/h6-9,14H,4-5,10-12H2,1-3H3,(H,19,24). The molecule has 1 aliphatic heterocycles. The topological polar surface area (TPSA) is 106 Å². The fourth-order valence-corrected chi connectivity index (χ4v) is 4.30. The van der Waals surface area contributed by atoms with Crippen molar-refractivity contribution >= 4 is 21.6 Å². The molecule has 10 heteroatoms. The molecule has 2 heterocycles. The smallest absolute Gasteiger partial charge is 0.324 e. The van der Waals surface area contributed by atoms with Crippen molar-refractivity contribution in [1.29, 1.82) is 0 Å². The fraction of sp³-hybridized carbons (Fsp3) is 0.500. The van der Waals surface area contributed by atoms with E-state index in [2.05, 4.69) is 10.4 Å². The average Bonchev–Trinajstić information content (AvgIpc) is 2.91. The van der Waals surface area contributed by atoms with Gasteiger partial charge in [0.2, 0.25) is 15.9 Å². The van der Waals surface area contributed by atoms with Crippen LogP contribution in [0, 0.1) is 6.92 Å². The summed E-state index contributed by atoms with van der Waals surface area (Å²) in [5.41, 5.74) is 1.33. The first-order chi connectivity index (χ1) is 13.1. The van der Waals surface area contributed by atoms with Crippen LogP contribution in [0.3, 0.4) is 0 Å². The summed E-state index contributed by atoms with van der Waals surface area (Å²) < 4.78 is 27.6. The molecule has 1 saturated heterocycles. The molecule has 1 aromatic carbocycles. The number of aryl methyl sites for hydroxylation is 1. The van der Waals surface area contributed by atoms with Gasteiger partial charge in [0.05, 0.1) is 6.26 Å². The molecule has 1 fully saturated rings. The van der Waals surface area contributed by atoms with Crippen LogP contribution >= 0.6 is 0 Å². The number of hydrogen-bond donors (Lipinski definition) is 1. The Morgan fingerprint density at radius 2 is 1.96 bits per heavy atom. The monoisotopic (exact) mass is 407 g/mol. The molecule has 1 atom stereocenters. The molecular weight excluding hydrogens is 382 g/mol. The second kappa shape index (κ2) is 7.88. The zero-order valence-corrected chi connectivity index (χ0v) is 17.1. The van der Waals surface area contributed by atoms with Crippen molar-refractivity contribution in [2.24, 2.45) is 7.05 Å². The molecule has 2 aromatic rings. The van der Waals surface area contributed by atoms with Gasteiger partial charge in [-0.1, -0.05) is 17.7 Å². The SMILES string of the molecule is Cc1ccc(NC(=O)Cn2nc(C3CCCN(S(C)(=O)=O)C3)n(C)c2=O)cc1. The molecule has 0 aliphatic carbocycles. The molecule has 152 valence electrons. The summed E-state index contributed by atoms with van der Waals surface area (Å²) in [5, 5.41) is 7.07. The number of nitrogens with one attached hydrogen (secondary N) is 1. The second-order valence-corrected chi connectivity index (χ2v) is 9.21. The lowest BCUT2D eigenvalue weighted by atomic mass is 9.99. The van der Waals surface area contributed by atoms with Gasteiger partial charge in [0.25, 0.3) is 0 Å². The van der Waals surface area contributed by atoms with E-state index in [4.69, 9.17) is 0 Å². The molecule has 3 rings (SSSR count). The predicted molar refractivity (Wildman–Crippen MR) is 106 cm³/mol. The third-order valence-corrected chi connectivity index (χ3v) is 6.19. The van der Waals surface area contributed by atoms with Gasteiger partial charge in [-0.15, -0.1) is 0 Å². The summed E-state index contributed by atoms with van der Waals surface area (Å²) in [7, 11) is -1.70. The van der Waals surface area contributed by atoms with E-state index in [1.807, 2.05) is 19.1 Å². The summed E-state index contributed by atoms with van der Waals surface area (Å²) in [5.74, 6) is -0.0268. The number of carbonyl (C=O) groups is 1. The van der Waals surface area contributed by atoms with Gasteiger partial charge in [0.1, 0.15) is 12.4 Å². The van der Waals surface area contributed by atoms with Gasteiger partial charge in [-0.05, 0) is 31.9 Å². The number of carbonyl (C=O) groups excluding carboxylic acids is 1. The van der Waals surface area contributed by atoms with Crippen molar-refractivity contribution in [3.05, 3.63) is 46.1 Å². The van der Waals surface area contributed by atoms with Crippen LogP contribution in [-0.4, -0.2) is 52.3 Å². The minimum absolute atomic E-state index is 0.178. The van der Waals surface area contributed by atoms with Crippen LogP contribution in [0.25, 0.3) is 0 Å². The summed E-state index contributed by atoms with van der Waals surface area (Å²) >= 11 is 0. The highest BCUT2D eigenvalue weighted by Crippen LogP contribution is 2.26. The van der Waals surface area contributed by atoms with Crippen molar-refractivity contribution in [3.63, 3.8) is 0 Å². The lowest BCUT2D eigenvalue weighted by molar-refractivity contribution is -0.117. The number of benzene rings is 1. The first-order valence-corrected chi connectivity index (χ1v) is 11.0. The molecule has 1 aliphatic rings. The molecule has 0 saturated carbocycles. The zero-order valence-electron chi connectivity index (χ0n) is 16.3. The van der Waals surface area contributed by atoms with Crippen molar-refractivity contribution in [2.45, 2.75) is 32.2 Å². The molecule has 0 spiro atoms. The highest BCUT2D eigenvalue weighted by atomic mass is 32.2. The maximum atomic E-state index is 12.5. The van der Waals surface area contributed by atoms with Gasteiger partial charge < -0.3 is 5.32 Å². The van der Waals surface area contributed by atoms with Gasteiger partial charge in [-0.3, -0.25) is 9.36 Å². The third kappa shape index (κ3) is 4.50. The van der Waals surface area contributed by atoms with Crippen molar-refractivity contribution < 1.29 is 13.2 Å². The van der Waals surface area contributed by atoms with Gasteiger partial charge in [0.15, 0.2) is 0 Å². The maximum absolute atomic E-state index is 12.5. The minimum atomic E-state index is -3.29. The first kappa shape index (κ1) is 20.3. The summed E-state index contributed by atoms with van der Waals surface area (Å²) in [4.78, 5) is 24.8. The first-order valence-electron chi connectivity index (χ1n) is 9.10. The van der Waals surface area contributed by atoms with Crippen LogP contribution < -0.4 is 11.0 Å². The number of sulfonamides is 1. The van der Waals surface area contributed by atoms with E-state index >= 15 is 0 Å². The van der Waals surface area contributed by atoms with Crippen LogP contribution in [0.4, 0.5) is 5.69 Å². The molecule has 1 aromatic heterocycles. The van der Waals surface area contributed by atoms with Crippen LogP contribution in [0.5, 0.6) is 0 Å². The molecule has 1 amide bonds. The largest absolute Gasteiger partial charge is 0.346 e. The summed E-state index contributed by atoms with van der Waals surface area (Å²) in [6, 6.07) is 7.36. The lowest BCUT2D eigenvalue weighted by Crippen LogP contribution is -2.39. The Balaban J connectivity index is 1.74. The Morgan fingerprint density at radius 3 is 2.61 bits per heavy atom. The number of anilines is 1. The number of rotatable bonds is 5. The predicted octanol–water partition coefficient (Wildman–Crippen LogP) is 0.668. The average molecular weight is 407 g/mol. The maximum Gasteiger partial charge on any atom is 0.346 e. The number of piperidine rings is 1. The molecule has 9 nitrogen and oxygen atoms in total. The molecule has 1 N–H and O–H groups in total. The Bertz CT molecular complexity index is 1020. The van der Waals surface area contributed by atoms with Crippen LogP contribution in [0.15, 0.2) is 29.1 Å². The van der Waals surface area contributed by atoms with E-state index in [1.54, 1.807) is 19.2 Å². The van der Waals surface area contributed by atoms with E-state index in [9.17, 15) is 18.0 Å². The van der Waals surface area contributed by atoms with E-state index in [0.29, 0.717) is 31.0 Å². The Kier molecular flexibility index (Phi) is 5.71. The van der Waals surface area contributed by atoms with Crippen molar-refractivity contribution in [1.82, 2.24) is 18.7 Å². The summed E-state index contributed by atoms with van der Waals surface area (Å²) in [6.45, 7) is 2.52. The van der Waals surface area contributed by atoms with Crippen LogP contribution in [0.1, 0.15) is 30.1 Å². The van der Waals surface area contributed by atoms with Crippen molar-refractivity contribution in [3.8, 4) is 0 Å². The number of nitrogens with zero attached hydrogens (tertiary/aromatic N) is 4. The Morgan fingerprint density at radius 1 is 1.29 bits per heavy atom. The Labute approximate surface area is 164 Å². The fourth-order valence-electron chi connectivity index (χ4n) is 3.39. The van der Waals surface area contributed by atoms with E-state index in [-0.39, 0.29) is 18.4 Å². The van der Waals surface area contributed by atoms with Crippen LogP contribution in [0.2, 0.25) is 0 Å². The highest BCUT2D eigenvalue weighted by molar-refractivity contribution is 7.88. The third-order valence-electron chi connectivity index (χ3n) is 4.92. The molecule has 0 bridgehead atoms. The number of hydrogen-bond acceptors (Lipinski definition) is 5. The Hall–Kier alpha value is -2.46. The molecule has 0 radical (unpaired) electrons. The van der Waals surface area contributed by atoms with Gasteiger partial charge in [0, 0.05) is 31.7 Å². The van der Waals surface area contributed by atoms with E-state index < -0.39 is 15.7 Å². The van der Waals surface area contributed by atoms with E-state index in [0.717, 1.165) is 16.7 Å². The summed E-state index contributed by atoms with van der Waals surface area (Å²) in [6.07, 6.45) is 2.63. The molecule has 28 heavy (non-hydrogen) atoms. The highest BCUT2D eigenvalue weighted by Gasteiger charge is 2.30. The van der Waals surface area contributed by atoms with Gasteiger partial charge in [-0.25, -0.2) is 22.2 Å². The lowest BCUT2D eigenvalue weighted by Gasteiger charge is -2.30. The number of aromatic nitrogens is 3. The normalized spacial score (nSPS) is 18.2. The van der Waals surface area contributed by atoms with Gasteiger partial charge >= 0.3 is 5.69 Å². The molecule has 1 unspecified atom stereocenters. The second-order valence-electron chi connectivity index (χ2n) is 7.23. The van der Waals surface area contributed by atoms with Crippen LogP contribution in [-0.2, 0) is 28.4 Å². The minimum Gasteiger partial charge on any atom is -0.324 e. The quantitative estimate of drug-likeness (QED) is 0.784. The van der Waals surface area contributed by atoms with Gasteiger partial charge in [-0.2, -0.15) is 5.10 Å². The van der Waals surface area contributed by atoms with E-state index in [1.165, 1.54) is 15.1 Å². The number of amides is 1. The van der Waals surface area contributed by atoms with Crippen molar-refractivity contribution in [2.75, 3.05) is 24.7 Å².